The Morgan fingerprint density at radius 2 is 0.914 bits per heavy atom. The fraction of sp³-hybridized carbons (Fsp3) is 1.00. The van der Waals surface area contributed by atoms with Gasteiger partial charge in [-0.1, -0.05) is 65.2 Å². The molecule has 0 rings (SSSR count). The summed E-state index contributed by atoms with van der Waals surface area (Å²) in [5, 5.41) is 0. The van der Waals surface area contributed by atoms with Crippen molar-refractivity contribution < 1.29 is 66.4 Å². The van der Waals surface area contributed by atoms with E-state index in [4.69, 9.17) is 9.47 Å². The zero-order valence-electron chi connectivity index (χ0n) is 25.1. The highest BCUT2D eigenvalue weighted by Gasteiger charge is 2.33. The Labute approximate surface area is 255 Å². The van der Waals surface area contributed by atoms with Gasteiger partial charge in [-0.15, -0.1) is 0 Å². The summed E-state index contributed by atoms with van der Waals surface area (Å²) < 4.78 is 14.3. The highest BCUT2D eigenvalue weighted by Crippen LogP contribution is 2.35. The molecule has 216 valence electrons. The molecular formula is C29H64I2N2O2. The molecule has 6 heteroatoms. The molecule has 35 heavy (non-hydrogen) atoms. The number of nitrogens with zero attached hydrogens (tertiary/aromatic N) is 2. The van der Waals surface area contributed by atoms with Gasteiger partial charge in [0.05, 0.1) is 62.0 Å². The van der Waals surface area contributed by atoms with Gasteiger partial charge in [-0.25, -0.2) is 0 Å². The van der Waals surface area contributed by atoms with E-state index in [-0.39, 0.29) is 48.0 Å². The Kier molecular flexibility index (Phi) is 28.4. The molecule has 0 atom stereocenters. The van der Waals surface area contributed by atoms with E-state index in [1.165, 1.54) is 103 Å². The van der Waals surface area contributed by atoms with Crippen LogP contribution in [0.15, 0.2) is 0 Å². The molecule has 0 unspecified atom stereocenters. The van der Waals surface area contributed by atoms with Crippen LogP contribution in [0, 0.1) is 5.41 Å². The first-order chi connectivity index (χ1) is 15.5. The van der Waals surface area contributed by atoms with Crippen molar-refractivity contribution in [2.75, 3.05) is 81.8 Å². The molecule has 0 saturated heterocycles. The summed E-state index contributed by atoms with van der Waals surface area (Å²) in [7, 11) is 14.0. The molecule has 0 radical (unpaired) electrons. The van der Waals surface area contributed by atoms with E-state index in [0.717, 1.165) is 35.4 Å². The normalized spacial score (nSPS) is 12.3. The standard InChI is InChI=1S/C29H64N2O2.2HI/c1-9-11-13-14-15-18-27-33-28-29(21-23-30(3,4)5,22-24-31(6,7)8)20-17-16-19-26-32-25-12-10-2;;/h9-28H2,1-8H3;2*1H/q+2;;/p-2. The molecule has 0 heterocycles. The lowest BCUT2D eigenvalue weighted by atomic mass is 9.76. The van der Waals surface area contributed by atoms with Crippen LogP contribution in [-0.2, 0) is 9.47 Å². The van der Waals surface area contributed by atoms with Gasteiger partial charge in [0, 0.05) is 38.1 Å². The van der Waals surface area contributed by atoms with Gasteiger partial charge in [-0.3, -0.25) is 0 Å². The van der Waals surface area contributed by atoms with Crippen molar-refractivity contribution in [3.63, 3.8) is 0 Å². The van der Waals surface area contributed by atoms with Gasteiger partial charge in [-0.2, -0.15) is 0 Å². The van der Waals surface area contributed by atoms with Gasteiger partial charge in [-0.05, 0) is 25.7 Å². The monoisotopic (exact) mass is 726 g/mol. The molecule has 0 bridgehead atoms. The Balaban J connectivity index is -0.00000512. The molecule has 0 aromatic carbocycles. The third kappa shape index (κ3) is 28.1. The number of rotatable bonds is 24. The lowest BCUT2D eigenvalue weighted by molar-refractivity contribution is -0.874. The summed E-state index contributed by atoms with van der Waals surface area (Å²) in [6.45, 7) is 10.7. The molecule has 0 spiro atoms. The lowest BCUT2D eigenvalue weighted by Crippen LogP contribution is -3.00. The van der Waals surface area contributed by atoms with Crippen LogP contribution >= 0.6 is 0 Å². The summed E-state index contributed by atoms with van der Waals surface area (Å²) in [6, 6.07) is 0. The van der Waals surface area contributed by atoms with Crippen LogP contribution in [0.25, 0.3) is 0 Å². The minimum absolute atomic E-state index is 0. The summed E-state index contributed by atoms with van der Waals surface area (Å²) in [6.07, 6.45) is 18.0. The van der Waals surface area contributed by atoms with Crippen molar-refractivity contribution in [3.8, 4) is 0 Å². The molecular weight excluding hydrogens is 662 g/mol. The minimum atomic E-state index is 0. The molecule has 0 fully saturated rings. The van der Waals surface area contributed by atoms with Gasteiger partial charge < -0.3 is 66.4 Å². The van der Waals surface area contributed by atoms with E-state index in [9.17, 15) is 0 Å². The quantitative estimate of drug-likeness (QED) is 0.0839. The lowest BCUT2D eigenvalue weighted by Gasteiger charge is -2.38. The molecule has 0 aromatic rings. The van der Waals surface area contributed by atoms with Crippen LogP contribution in [-0.4, -0.2) is 90.8 Å². The zero-order chi connectivity index (χ0) is 25.1. The highest BCUT2D eigenvalue weighted by molar-refractivity contribution is 4.80. The maximum Gasteiger partial charge on any atom is 0.0786 e. The highest BCUT2D eigenvalue weighted by atomic mass is 127. The van der Waals surface area contributed by atoms with Gasteiger partial charge in [0.15, 0.2) is 0 Å². The van der Waals surface area contributed by atoms with E-state index in [1.54, 1.807) is 0 Å². The number of hydrogen-bond acceptors (Lipinski definition) is 2. The second-order valence-electron chi connectivity index (χ2n) is 12.6. The third-order valence-corrected chi connectivity index (χ3v) is 6.81. The summed E-state index contributed by atoms with van der Waals surface area (Å²) >= 11 is 0. The number of halogens is 2. The Morgan fingerprint density at radius 3 is 1.43 bits per heavy atom. The van der Waals surface area contributed by atoms with E-state index in [0.29, 0.717) is 5.41 Å². The second-order valence-corrected chi connectivity index (χ2v) is 12.6. The predicted octanol–water partition coefficient (Wildman–Crippen LogP) is 0.928. The SMILES string of the molecule is CCCCCCCCOCC(CCCCCOCCCC)(CC[N+](C)(C)C)CC[N+](C)(C)C.[I-].[I-]. The maximum atomic E-state index is 6.42. The van der Waals surface area contributed by atoms with Crippen LogP contribution in [0.3, 0.4) is 0 Å². The zero-order valence-corrected chi connectivity index (χ0v) is 29.4. The molecule has 0 aliphatic carbocycles. The topological polar surface area (TPSA) is 18.5 Å². The molecule has 4 nitrogen and oxygen atoms in total. The van der Waals surface area contributed by atoms with Gasteiger partial charge in [0.1, 0.15) is 0 Å². The van der Waals surface area contributed by atoms with Gasteiger partial charge in [0.25, 0.3) is 0 Å². The van der Waals surface area contributed by atoms with E-state index >= 15 is 0 Å². The number of unbranched alkanes of at least 4 members (excludes halogenated alkanes) is 8. The molecule has 0 saturated carbocycles. The average Bonchev–Trinajstić information content (AvgIpc) is 2.73. The van der Waals surface area contributed by atoms with Gasteiger partial charge in [0.2, 0.25) is 0 Å². The van der Waals surface area contributed by atoms with E-state index in [2.05, 4.69) is 56.1 Å². The smallest absolute Gasteiger partial charge is 0.0786 e. The van der Waals surface area contributed by atoms with Crippen LogP contribution in [0.5, 0.6) is 0 Å². The van der Waals surface area contributed by atoms with Crippen LogP contribution < -0.4 is 48.0 Å². The van der Waals surface area contributed by atoms with Crippen molar-refractivity contribution in [1.29, 1.82) is 0 Å². The van der Waals surface area contributed by atoms with Crippen molar-refractivity contribution in [2.24, 2.45) is 5.41 Å². The Hall–Kier alpha value is 1.30. The molecule has 0 N–H and O–H groups in total. The first kappa shape index (κ1) is 40.8. The average molecular weight is 727 g/mol. The second kappa shape index (κ2) is 24.3. The van der Waals surface area contributed by atoms with Crippen molar-refractivity contribution >= 4 is 0 Å². The molecule has 0 aliphatic rings. The van der Waals surface area contributed by atoms with Crippen molar-refractivity contribution in [3.05, 3.63) is 0 Å². The molecule has 0 aromatic heterocycles. The fourth-order valence-electron chi connectivity index (χ4n) is 4.24. The number of hydrogen-bond donors (Lipinski definition) is 0. The molecule has 0 amide bonds. The number of quaternary nitrogens is 2. The summed E-state index contributed by atoms with van der Waals surface area (Å²) in [5.74, 6) is 0. The Bertz CT molecular complexity index is 397. The largest absolute Gasteiger partial charge is 1.00 e. The van der Waals surface area contributed by atoms with Crippen LogP contribution in [0.2, 0.25) is 0 Å². The maximum absolute atomic E-state index is 6.42. The third-order valence-electron chi connectivity index (χ3n) is 6.81. The van der Waals surface area contributed by atoms with Crippen molar-refractivity contribution in [2.45, 2.75) is 104 Å². The molecule has 0 aliphatic heterocycles. The van der Waals surface area contributed by atoms with Crippen LogP contribution in [0.1, 0.15) is 104 Å². The van der Waals surface area contributed by atoms with Gasteiger partial charge >= 0.3 is 0 Å². The minimum Gasteiger partial charge on any atom is -1.00 e. The van der Waals surface area contributed by atoms with E-state index < -0.39 is 0 Å². The first-order valence-corrected chi connectivity index (χ1v) is 14.3. The summed E-state index contributed by atoms with van der Waals surface area (Å²) in [5.41, 5.74) is 0.308. The predicted molar refractivity (Wildman–Crippen MR) is 146 cm³/mol. The van der Waals surface area contributed by atoms with Crippen molar-refractivity contribution in [1.82, 2.24) is 0 Å². The summed E-state index contributed by atoms with van der Waals surface area (Å²) in [4.78, 5) is 0. The number of ether oxygens (including phenoxy) is 2. The van der Waals surface area contributed by atoms with Crippen LogP contribution in [0.4, 0.5) is 0 Å². The van der Waals surface area contributed by atoms with E-state index in [1.807, 2.05) is 0 Å². The fourth-order valence-corrected chi connectivity index (χ4v) is 4.24. The first-order valence-electron chi connectivity index (χ1n) is 14.3. The Morgan fingerprint density at radius 1 is 0.486 bits per heavy atom.